The van der Waals surface area contributed by atoms with E-state index in [2.05, 4.69) is 38.1 Å². The Labute approximate surface area is 128 Å². The molecule has 0 spiro atoms. The summed E-state index contributed by atoms with van der Waals surface area (Å²) in [5.74, 6) is 0.754. The molecule has 1 atom stereocenters. The maximum Gasteiger partial charge on any atom is 0.238 e. The molecule has 1 amide bonds. The molecule has 1 aliphatic heterocycles. The number of carbonyl (C=O) groups excluding carboxylic acids is 1. The van der Waals surface area contributed by atoms with Crippen LogP contribution in [0.15, 0.2) is 24.3 Å². The minimum atomic E-state index is 0.0780. The van der Waals surface area contributed by atoms with Gasteiger partial charge in [-0.1, -0.05) is 12.1 Å². The Balaban J connectivity index is 1.81. The van der Waals surface area contributed by atoms with Gasteiger partial charge in [0.1, 0.15) is 0 Å². The lowest BCUT2D eigenvalue weighted by molar-refractivity contribution is -0.117. The van der Waals surface area contributed by atoms with E-state index in [-0.39, 0.29) is 5.91 Å². The molecule has 104 valence electrons. The van der Waals surface area contributed by atoms with Crippen LogP contribution in [0, 0.1) is 9.49 Å². The molecule has 0 aromatic heterocycles. The third-order valence-corrected chi connectivity index (χ3v) is 4.32. The number of halogens is 1. The van der Waals surface area contributed by atoms with Crippen molar-refractivity contribution in [2.45, 2.75) is 6.42 Å². The van der Waals surface area contributed by atoms with E-state index in [9.17, 15) is 4.79 Å². The first kappa shape index (κ1) is 14.7. The molecule has 2 N–H and O–H groups in total. The molecular formula is C14H20IN3O. The molecule has 1 fully saturated rings. The Kier molecular flexibility index (Phi) is 5.59. The Morgan fingerprint density at radius 2 is 2.26 bits per heavy atom. The number of benzene rings is 1. The largest absolute Gasteiger partial charge is 0.324 e. The summed E-state index contributed by atoms with van der Waals surface area (Å²) in [6.07, 6.45) is 1.18. The Morgan fingerprint density at radius 3 is 3.00 bits per heavy atom. The van der Waals surface area contributed by atoms with E-state index >= 15 is 0 Å². The lowest BCUT2D eigenvalue weighted by atomic mass is 10.1. The van der Waals surface area contributed by atoms with Gasteiger partial charge < -0.3 is 10.6 Å². The second-order valence-electron chi connectivity index (χ2n) is 4.98. The van der Waals surface area contributed by atoms with E-state index in [1.807, 2.05) is 31.3 Å². The molecule has 5 heteroatoms. The zero-order valence-electron chi connectivity index (χ0n) is 11.2. The number of amides is 1. The summed E-state index contributed by atoms with van der Waals surface area (Å²) in [5.41, 5.74) is 0.902. The third-order valence-electron chi connectivity index (χ3n) is 3.38. The van der Waals surface area contributed by atoms with Crippen LogP contribution < -0.4 is 10.6 Å². The highest BCUT2D eigenvalue weighted by Gasteiger charge is 2.23. The molecule has 1 aliphatic rings. The van der Waals surface area contributed by atoms with Crippen LogP contribution in [0.5, 0.6) is 0 Å². The van der Waals surface area contributed by atoms with Crippen molar-refractivity contribution in [2.24, 2.45) is 5.92 Å². The normalized spacial score (nSPS) is 19.6. The highest BCUT2D eigenvalue weighted by Crippen LogP contribution is 2.18. The summed E-state index contributed by atoms with van der Waals surface area (Å²) in [4.78, 5) is 14.2. The van der Waals surface area contributed by atoms with E-state index in [1.54, 1.807) is 0 Å². The van der Waals surface area contributed by atoms with Crippen molar-refractivity contribution in [1.29, 1.82) is 0 Å². The molecule has 0 saturated carbocycles. The van der Waals surface area contributed by atoms with Crippen LogP contribution in [0.1, 0.15) is 6.42 Å². The SMILES string of the molecule is CNCC1CCN(CC(=O)Nc2ccccc2I)C1. The summed E-state index contributed by atoms with van der Waals surface area (Å²) in [7, 11) is 1.98. The van der Waals surface area contributed by atoms with Crippen molar-refractivity contribution in [3.8, 4) is 0 Å². The standard InChI is InChI=1S/C14H20IN3O/c1-16-8-11-6-7-18(9-11)10-14(19)17-13-5-3-2-4-12(13)15/h2-5,11,16H,6-10H2,1H3,(H,17,19). The molecule has 1 saturated heterocycles. The molecule has 19 heavy (non-hydrogen) atoms. The van der Waals surface area contributed by atoms with Crippen LogP contribution in [0.4, 0.5) is 5.69 Å². The second-order valence-corrected chi connectivity index (χ2v) is 6.14. The third kappa shape index (κ3) is 4.43. The van der Waals surface area contributed by atoms with Gasteiger partial charge >= 0.3 is 0 Å². The van der Waals surface area contributed by atoms with Crippen molar-refractivity contribution in [1.82, 2.24) is 10.2 Å². The maximum atomic E-state index is 12.0. The fourth-order valence-electron chi connectivity index (χ4n) is 2.47. The Hall–Kier alpha value is -0.660. The summed E-state index contributed by atoms with van der Waals surface area (Å²) in [5, 5.41) is 6.18. The van der Waals surface area contributed by atoms with E-state index in [1.165, 1.54) is 6.42 Å². The number of likely N-dealkylation sites (tertiary alicyclic amines) is 1. The minimum absolute atomic E-state index is 0.0780. The number of para-hydroxylation sites is 1. The van der Waals surface area contributed by atoms with Gasteiger partial charge in [0.25, 0.3) is 0 Å². The van der Waals surface area contributed by atoms with E-state index in [0.29, 0.717) is 12.5 Å². The topological polar surface area (TPSA) is 44.4 Å². The molecule has 1 heterocycles. The van der Waals surface area contributed by atoms with Crippen molar-refractivity contribution < 1.29 is 4.79 Å². The quantitative estimate of drug-likeness (QED) is 0.774. The number of rotatable bonds is 5. The fraction of sp³-hybridized carbons (Fsp3) is 0.500. The van der Waals surface area contributed by atoms with Crippen LogP contribution in [-0.2, 0) is 4.79 Å². The van der Waals surface area contributed by atoms with E-state index < -0.39 is 0 Å². The van der Waals surface area contributed by atoms with Crippen LogP contribution in [0.2, 0.25) is 0 Å². The monoisotopic (exact) mass is 373 g/mol. The molecular weight excluding hydrogens is 353 g/mol. The van der Waals surface area contributed by atoms with Gasteiger partial charge in [-0.2, -0.15) is 0 Å². The highest BCUT2D eigenvalue weighted by molar-refractivity contribution is 14.1. The predicted octanol–water partition coefficient (Wildman–Crippen LogP) is 1.77. The van der Waals surface area contributed by atoms with Gasteiger partial charge in [0.05, 0.1) is 12.2 Å². The predicted molar refractivity (Wildman–Crippen MR) is 86.3 cm³/mol. The molecule has 1 unspecified atom stereocenters. The average molecular weight is 373 g/mol. The molecule has 2 rings (SSSR count). The Morgan fingerprint density at radius 1 is 1.47 bits per heavy atom. The molecule has 4 nitrogen and oxygen atoms in total. The molecule has 0 bridgehead atoms. The minimum Gasteiger partial charge on any atom is -0.324 e. The molecule has 1 aromatic carbocycles. The first-order valence-electron chi connectivity index (χ1n) is 6.60. The zero-order valence-corrected chi connectivity index (χ0v) is 13.3. The van der Waals surface area contributed by atoms with Crippen molar-refractivity contribution in [3.05, 3.63) is 27.8 Å². The summed E-state index contributed by atoms with van der Waals surface area (Å²) >= 11 is 2.24. The lowest BCUT2D eigenvalue weighted by Gasteiger charge is -2.16. The van der Waals surface area contributed by atoms with E-state index in [0.717, 1.165) is 28.9 Å². The summed E-state index contributed by atoms with van der Waals surface area (Å²) in [6, 6.07) is 7.85. The van der Waals surface area contributed by atoms with Gasteiger partial charge in [-0.25, -0.2) is 0 Å². The summed E-state index contributed by atoms with van der Waals surface area (Å²) in [6.45, 7) is 3.56. The second kappa shape index (κ2) is 7.21. The number of carbonyl (C=O) groups is 1. The molecule has 1 aromatic rings. The number of hydrogen-bond acceptors (Lipinski definition) is 3. The van der Waals surface area contributed by atoms with Gasteiger partial charge in [0.2, 0.25) is 5.91 Å². The van der Waals surface area contributed by atoms with Gasteiger partial charge in [0.15, 0.2) is 0 Å². The smallest absolute Gasteiger partial charge is 0.238 e. The maximum absolute atomic E-state index is 12.0. The van der Waals surface area contributed by atoms with Gasteiger partial charge in [-0.3, -0.25) is 9.69 Å². The van der Waals surface area contributed by atoms with Gasteiger partial charge in [0, 0.05) is 10.1 Å². The Bertz CT molecular complexity index is 438. The number of hydrogen-bond donors (Lipinski definition) is 2. The average Bonchev–Trinajstić information content (AvgIpc) is 2.80. The number of nitrogens with one attached hydrogen (secondary N) is 2. The zero-order chi connectivity index (χ0) is 13.7. The molecule has 0 radical (unpaired) electrons. The molecule has 0 aliphatic carbocycles. The van der Waals surface area contributed by atoms with Crippen LogP contribution in [-0.4, -0.2) is 44.0 Å². The van der Waals surface area contributed by atoms with Gasteiger partial charge in [-0.15, -0.1) is 0 Å². The highest BCUT2D eigenvalue weighted by atomic mass is 127. The van der Waals surface area contributed by atoms with Gasteiger partial charge in [-0.05, 0) is 67.2 Å². The van der Waals surface area contributed by atoms with Crippen LogP contribution in [0.25, 0.3) is 0 Å². The fourth-order valence-corrected chi connectivity index (χ4v) is 2.99. The summed E-state index contributed by atoms with van der Waals surface area (Å²) < 4.78 is 1.07. The van der Waals surface area contributed by atoms with E-state index in [4.69, 9.17) is 0 Å². The first-order chi connectivity index (χ1) is 9.19. The first-order valence-corrected chi connectivity index (χ1v) is 7.68. The van der Waals surface area contributed by atoms with Crippen molar-refractivity contribution in [2.75, 3.05) is 38.5 Å². The number of nitrogens with zero attached hydrogens (tertiary/aromatic N) is 1. The van der Waals surface area contributed by atoms with Crippen LogP contribution >= 0.6 is 22.6 Å². The van der Waals surface area contributed by atoms with Crippen molar-refractivity contribution >= 4 is 34.2 Å². The number of anilines is 1. The lowest BCUT2D eigenvalue weighted by Crippen LogP contribution is -2.32. The van der Waals surface area contributed by atoms with Crippen LogP contribution in [0.3, 0.4) is 0 Å². The van der Waals surface area contributed by atoms with Crippen molar-refractivity contribution in [3.63, 3.8) is 0 Å².